The van der Waals surface area contributed by atoms with Crippen LogP contribution in [0.1, 0.15) is 17.5 Å². The van der Waals surface area contributed by atoms with Gasteiger partial charge in [-0.25, -0.2) is 4.39 Å². The third kappa shape index (κ3) is 1.66. The lowest BCUT2D eigenvalue weighted by Crippen LogP contribution is -1.93. The topological polar surface area (TPSA) is 43.1 Å². The normalized spacial score (nSPS) is 10.3. The number of Topliss-reactive ketones (excluding diaryl/α,β-unsaturated/α-hetero) is 1. The summed E-state index contributed by atoms with van der Waals surface area (Å²) in [5, 5.41) is 3.50. The van der Waals surface area contributed by atoms with E-state index in [4.69, 9.17) is 4.52 Å². The molecule has 4 heteroatoms. The van der Waals surface area contributed by atoms with Crippen LogP contribution in [0.15, 0.2) is 35.0 Å². The van der Waals surface area contributed by atoms with Gasteiger partial charge in [0.1, 0.15) is 5.82 Å². The molecule has 0 saturated carbocycles. The minimum Gasteiger partial charge on any atom is -0.352 e. The van der Waals surface area contributed by atoms with E-state index in [0.717, 1.165) is 0 Å². The number of nitrogens with zero attached hydrogens (tertiary/aromatic N) is 1. The highest BCUT2D eigenvalue weighted by Gasteiger charge is 2.16. The molecule has 0 aliphatic carbocycles. The third-order valence-electron chi connectivity index (χ3n) is 2.05. The number of benzene rings is 1. The first-order valence-electron chi connectivity index (χ1n) is 4.40. The van der Waals surface area contributed by atoms with E-state index in [1.54, 1.807) is 18.2 Å². The van der Waals surface area contributed by atoms with Crippen molar-refractivity contribution in [2.24, 2.45) is 0 Å². The van der Waals surface area contributed by atoms with Crippen LogP contribution in [0.5, 0.6) is 0 Å². The molecule has 1 aromatic carbocycles. The van der Waals surface area contributed by atoms with Gasteiger partial charge in [0.15, 0.2) is 5.78 Å². The van der Waals surface area contributed by atoms with E-state index in [1.165, 1.54) is 19.2 Å². The fourth-order valence-corrected chi connectivity index (χ4v) is 1.36. The van der Waals surface area contributed by atoms with Crippen LogP contribution < -0.4 is 0 Å². The Labute approximate surface area is 85.5 Å². The maximum absolute atomic E-state index is 13.4. The number of carbonyl (C=O) groups is 1. The van der Waals surface area contributed by atoms with Gasteiger partial charge >= 0.3 is 0 Å². The van der Waals surface area contributed by atoms with Crippen molar-refractivity contribution in [3.05, 3.63) is 42.0 Å². The van der Waals surface area contributed by atoms with Crippen LogP contribution in [0.25, 0.3) is 11.1 Å². The number of halogens is 1. The van der Waals surface area contributed by atoms with Crippen molar-refractivity contribution in [3.63, 3.8) is 0 Å². The second kappa shape index (κ2) is 3.65. The van der Waals surface area contributed by atoms with Crippen molar-refractivity contribution in [1.29, 1.82) is 0 Å². The zero-order valence-corrected chi connectivity index (χ0v) is 8.03. The second-order valence-corrected chi connectivity index (χ2v) is 3.10. The van der Waals surface area contributed by atoms with Crippen LogP contribution in [0.3, 0.4) is 0 Å². The zero-order valence-electron chi connectivity index (χ0n) is 8.03. The second-order valence-electron chi connectivity index (χ2n) is 3.10. The zero-order chi connectivity index (χ0) is 10.8. The average Bonchev–Trinajstić information content (AvgIpc) is 2.67. The molecule has 0 unspecified atom stereocenters. The molecule has 1 aromatic heterocycles. The van der Waals surface area contributed by atoms with E-state index in [-0.39, 0.29) is 11.5 Å². The van der Waals surface area contributed by atoms with Crippen LogP contribution in [0.4, 0.5) is 4.39 Å². The molecule has 15 heavy (non-hydrogen) atoms. The van der Waals surface area contributed by atoms with E-state index in [0.29, 0.717) is 11.1 Å². The Bertz CT molecular complexity index is 505. The van der Waals surface area contributed by atoms with Gasteiger partial charge in [0.25, 0.3) is 0 Å². The van der Waals surface area contributed by atoms with E-state index in [2.05, 4.69) is 5.16 Å². The standard InChI is InChI=1S/C11H8FNO2/c1-7(14)11-9(6-13-15-11)8-4-2-3-5-10(8)12/h2-6H,1H3. The Kier molecular flexibility index (Phi) is 2.33. The summed E-state index contributed by atoms with van der Waals surface area (Å²) in [6, 6.07) is 6.18. The fraction of sp³-hybridized carbons (Fsp3) is 0.0909. The van der Waals surface area contributed by atoms with Crippen molar-refractivity contribution in [3.8, 4) is 11.1 Å². The number of ketones is 1. The maximum atomic E-state index is 13.4. The minimum atomic E-state index is -0.400. The van der Waals surface area contributed by atoms with Crippen LogP contribution in [0, 0.1) is 5.82 Å². The van der Waals surface area contributed by atoms with E-state index in [1.807, 2.05) is 0 Å². The molecular weight excluding hydrogens is 197 g/mol. The Hall–Kier alpha value is -1.97. The summed E-state index contributed by atoms with van der Waals surface area (Å²) in [5.74, 6) is -0.589. The molecule has 0 amide bonds. The molecule has 0 fully saturated rings. The van der Waals surface area contributed by atoms with E-state index >= 15 is 0 Å². The van der Waals surface area contributed by atoms with Gasteiger partial charge in [-0.05, 0) is 6.07 Å². The molecule has 0 spiro atoms. The molecule has 0 N–H and O–H groups in total. The van der Waals surface area contributed by atoms with Crippen molar-refractivity contribution < 1.29 is 13.7 Å². The molecule has 2 aromatic rings. The molecule has 0 bridgehead atoms. The number of rotatable bonds is 2. The summed E-state index contributed by atoms with van der Waals surface area (Å²) in [4.78, 5) is 11.2. The predicted molar refractivity (Wildman–Crippen MR) is 51.9 cm³/mol. The summed E-state index contributed by atoms with van der Waals surface area (Å²) in [6.45, 7) is 1.35. The number of hydrogen-bond acceptors (Lipinski definition) is 3. The Morgan fingerprint density at radius 1 is 1.33 bits per heavy atom. The first-order valence-corrected chi connectivity index (χ1v) is 4.40. The summed E-state index contributed by atoms with van der Waals surface area (Å²) >= 11 is 0. The van der Waals surface area contributed by atoms with Crippen LogP contribution in [-0.2, 0) is 0 Å². The molecule has 76 valence electrons. The van der Waals surface area contributed by atoms with Crippen molar-refractivity contribution >= 4 is 5.78 Å². The number of aromatic nitrogens is 1. The lowest BCUT2D eigenvalue weighted by molar-refractivity contribution is 0.0979. The highest BCUT2D eigenvalue weighted by atomic mass is 19.1. The molecule has 2 rings (SSSR count). The summed E-state index contributed by atoms with van der Waals surface area (Å²) in [7, 11) is 0. The Morgan fingerprint density at radius 3 is 2.73 bits per heavy atom. The van der Waals surface area contributed by atoms with Crippen molar-refractivity contribution in [2.45, 2.75) is 6.92 Å². The highest BCUT2D eigenvalue weighted by Crippen LogP contribution is 2.26. The van der Waals surface area contributed by atoms with Crippen molar-refractivity contribution in [2.75, 3.05) is 0 Å². The number of hydrogen-bond donors (Lipinski definition) is 0. The molecule has 0 radical (unpaired) electrons. The summed E-state index contributed by atoms with van der Waals surface area (Å²) in [6.07, 6.45) is 1.34. The van der Waals surface area contributed by atoms with Crippen molar-refractivity contribution in [1.82, 2.24) is 5.16 Å². The van der Waals surface area contributed by atoms with E-state index in [9.17, 15) is 9.18 Å². The van der Waals surface area contributed by atoms with Crippen LogP contribution in [-0.4, -0.2) is 10.9 Å². The molecule has 0 aliphatic heterocycles. The van der Waals surface area contributed by atoms with Gasteiger partial charge in [0.05, 0.1) is 11.8 Å². The van der Waals surface area contributed by atoms with E-state index < -0.39 is 5.82 Å². The first kappa shape index (κ1) is 9.58. The van der Waals surface area contributed by atoms with Gasteiger partial charge in [-0.3, -0.25) is 4.79 Å². The lowest BCUT2D eigenvalue weighted by Gasteiger charge is -1.99. The van der Waals surface area contributed by atoms with Crippen LogP contribution >= 0.6 is 0 Å². The number of carbonyl (C=O) groups excluding carboxylic acids is 1. The van der Waals surface area contributed by atoms with Gasteiger partial charge in [-0.15, -0.1) is 0 Å². The van der Waals surface area contributed by atoms with Gasteiger partial charge in [-0.2, -0.15) is 0 Å². The largest absolute Gasteiger partial charge is 0.352 e. The minimum absolute atomic E-state index is 0.0834. The van der Waals surface area contributed by atoms with Gasteiger partial charge in [-0.1, -0.05) is 23.4 Å². The third-order valence-corrected chi connectivity index (χ3v) is 2.05. The average molecular weight is 205 g/mol. The smallest absolute Gasteiger partial charge is 0.210 e. The molecule has 0 atom stereocenters. The quantitative estimate of drug-likeness (QED) is 0.708. The summed E-state index contributed by atoms with van der Waals surface area (Å²) in [5.41, 5.74) is 0.713. The Balaban J connectivity index is 2.59. The SMILES string of the molecule is CC(=O)c1oncc1-c1ccccc1F. The lowest BCUT2D eigenvalue weighted by atomic mass is 10.1. The maximum Gasteiger partial charge on any atom is 0.210 e. The monoisotopic (exact) mass is 205 g/mol. The van der Waals surface area contributed by atoms with Crippen LogP contribution in [0.2, 0.25) is 0 Å². The first-order chi connectivity index (χ1) is 7.20. The highest BCUT2D eigenvalue weighted by molar-refractivity contribution is 5.97. The van der Waals surface area contributed by atoms with Gasteiger partial charge in [0.2, 0.25) is 5.76 Å². The molecule has 1 heterocycles. The van der Waals surface area contributed by atoms with Gasteiger partial charge in [0, 0.05) is 12.5 Å². The van der Waals surface area contributed by atoms with Gasteiger partial charge < -0.3 is 4.52 Å². The fourth-order valence-electron chi connectivity index (χ4n) is 1.36. The summed E-state index contributed by atoms with van der Waals surface area (Å²) < 4.78 is 18.2. The Morgan fingerprint density at radius 2 is 2.07 bits per heavy atom. The molecular formula is C11H8FNO2. The molecule has 0 saturated heterocycles. The molecule has 0 aliphatic rings. The predicted octanol–water partition coefficient (Wildman–Crippen LogP) is 2.68. The molecule has 3 nitrogen and oxygen atoms in total.